The number of rotatable bonds is 5. The van der Waals surface area contributed by atoms with Crippen molar-refractivity contribution >= 4 is 26.7 Å². The zero-order valence-electron chi connectivity index (χ0n) is 8.36. The van der Waals surface area contributed by atoms with Gasteiger partial charge in [0.15, 0.2) is 0 Å². The first-order valence-electron chi connectivity index (χ1n) is 4.34. The molecule has 0 bridgehead atoms. The minimum absolute atomic E-state index is 0.00764. The minimum atomic E-state index is -4.57. The molecule has 0 aliphatic rings. The number of aromatic nitrogens is 2. The second-order valence-corrected chi connectivity index (χ2v) is 5.55. The highest BCUT2D eigenvalue weighted by Crippen LogP contribution is 2.28. The van der Waals surface area contributed by atoms with Crippen molar-refractivity contribution in [3.8, 4) is 0 Å². The fourth-order valence-electron chi connectivity index (χ4n) is 0.879. The third kappa shape index (κ3) is 5.28. The average molecular weight is 290 g/mol. The van der Waals surface area contributed by atoms with Crippen molar-refractivity contribution in [3.05, 3.63) is 5.82 Å². The number of anilines is 1. The highest BCUT2D eigenvalue weighted by Gasteiger charge is 2.36. The molecule has 1 heterocycles. The standard InChI is InChI=1S/C6H9F3N4O2S2/c7-6(8,9)4-12-5(16-13-4)11-2-1-3-17(10,14)15/h1-3H2,(H2,10,14,15)(H,11,12,13). The smallest absolute Gasteiger partial charge is 0.360 e. The molecule has 11 heteroatoms. The van der Waals surface area contributed by atoms with Crippen LogP contribution in [-0.4, -0.2) is 30.1 Å². The number of hydrogen-bond donors (Lipinski definition) is 2. The van der Waals surface area contributed by atoms with Crippen LogP contribution >= 0.6 is 11.5 Å². The molecule has 0 saturated carbocycles. The van der Waals surface area contributed by atoms with Crippen LogP contribution in [0.3, 0.4) is 0 Å². The molecule has 98 valence electrons. The summed E-state index contributed by atoms with van der Waals surface area (Å²) < 4.78 is 60.5. The number of primary sulfonamides is 1. The van der Waals surface area contributed by atoms with Crippen molar-refractivity contribution in [1.82, 2.24) is 9.36 Å². The van der Waals surface area contributed by atoms with E-state index in [2.05, 4.69) is 14.7 Å². The first kappa shape index (κ1) is 14.1. The van der Waals surface area contributed by atoms with Crippen LogP contribution < -0.4 is 10.5 Å². The zero-order valence-corrected chi connectivity index (χ0v) is 9.99. The number of hydrogen-bond acceptors (Lipinski definition) is 6. The van der Waals surface area contributed by atoms with E-state index in [4.69, 9.17) is 5.14 Å². The summed E-state index contributed by atoms with van der Waals surface area (Å²) in [5.74, 6) is -1.46. The molecule has 0 fully saturated rings. The second kappa shape index (κ2) is 5.14. The molecule has 0 atom stereocenters. The van der Waals surface area contributed by atoms with E-state index in [1.54, 1.807) is 0 Å². The van der Waals surface area contributed by atoms with Crippen LogP contribution in [0.5, 0.6) is 0 Å². The Morgan fingerprint density at radius 1 is 1.41 bits per heavy atom. The van der Waals surface area contributed by atoms with Crippen LogP contribution in [-0.2, 0) is 16.2 Å². The Labute approximate surface area is 99.3 Å². The van der Waals surface area contributed by atoms with E-state index in [0.717, 1.165) is 0 Å². The lowest BCUT2D eigenvalue weighted by Crippen LogP contribution is -2.18. The Bertz CT molecular complexity index is 470. The van der Waals surface area contributed by atoms with E-state index >= 15 is 0 Å². The van der Waals surface area contributed by atoms with E-state index in [0.29, 0.717) is 11.5 Å². The molecule has 1 aromatic rings. The SMILES string of the molecule is NS(=O)(=O)CCCNc1nc(C(F)(F)F)ns1. The molecule has 3 N–H and O–H groups in total. The van der Waals surface area contributed by atoms with Gasteiger partial charge in [-0.15, -0.1) is 0 Å². The number of sulfonamides is 1. The number of halogens is 3. The van der Waals surface area contributed by atoms with Crippen LogP contribution in [0.2, 0.25) is 0 Å². The molecule has 0 aliphatic heterocycles. The Morgan fingerprint density at radius 2 is 2.06 bits per heavy atom. The summed E-state index contributed by atoms with van der Waals surface area (Å²) in [6, 6.07) is 0. The molecule has 6 nitrogen and oxygen atoms in total. The lowest BCUT2D eigenvalue weighted by Gasteiger charge is -2.01. The zero-order chi connectivity index (χ0) is 13.1. The summed E-state index contributed by atoms with van der Waals surface area (Å²) in [7, 11) is -3.55. The maximum absolute atomic E-state index is 12.1. The predicted octanol–water partition coefficient (Wildman–Crippen LogP) is 0.647. The molecule has 0 aromatic carbocycles. The molecule has 0 unspecified atom stereocenters. The quantitative estimate of drug-likeness (QED) is 0.776. The van der Waals surface area contributed by atoms with E-state index in [9.17, 15) is 21.6 Å². The van der Waals surface area contributed by atoms with Gasteiger partial charge in [0, 0.05) is 18.1 Å². The largest absolute Gasteiger partial charge is 0.452 e. The molecule has 0 aliphatic carbocycles. The number of nitrogens with two attached hydrogens (primary N) is 1. The number of alkyl halides is 3. The Hall–Kier alpha value is -0.940. The van der Waals surface area contributed by atoms with E-state index in [-0.39, 0.29) is 23.8 Å². The Balaban J connectivity index is 2.41. The monoisotopic (exact) mass is 290 g/mol. The van der Waals surface area contributed by atoms with E-state index in [1.165, 1.54) is 0 Å². The lowest BCUT2D eigenvalue weighted by atomic mass is 10.5. The summed E-state index contributed by atoms with van der Waals surface area (Å²) in [4.78, 5) is 3.21. The topological polar surface area (TPSA) is 98.0 Å². The molecular formula is C6H9F3N4O2S2. The van der Waals surface area contributed by atoms with Gasteiger partial charge in [-0.2, -0.15) is 22.5 Å². The molecule has 0 amide bonds. The summed E-state index contributed by atoms with van der Waals surface area (Å²) in [5, 5.41) is 7.27. The highest BCUT2D eigenvalue weighted by molar-refractivity contribution is 7.89. The average Bonchev–Trinajstić information content (AvgIpc) is 2.58. The van der Waals surface area contributed by atoms with E-state index < -0.39 is 22.0 Å². The third-order valence-corrected chi connectivity index (χ3v) is 3.09. The number of nitrogens with zero attached hydrogens (tertiary/aromatic N) is 2. The molecule has 17 heavy (non-hydrogen) atoms. The number of nitrogens with one attached hydrogen (secondary N) is 1. The molecule has 1 rings (SSSR count). The van der Waals surface area contributed by atoms with Crippen molar-refractivity contribution < 1.29 is 21.6 Å². The molecule has 0 saturated heterocycles. The van der Waals surface area contributed by atoms with Crippen molar-refractivity contribution in [2.75, 3.05) is 17.6 Å². The van der Waals surface area contributed by atoms with E-state index in [1.807, 2.05) is 0 Å². The van der Waals surface area contributed by atoms with Gasteiger partial charge < -0.3 is 5.32 Å². The van der Waals surface area contributed by atoms with Crippen molar-refractivity contribution in [2.24, 2.45) is 5.14 Å². The van der Waals surface area contributed by atoms with Gasteiger partial charge in [0.05, 0.1) is 5.75 Å². The molecular weight excluding hydrogens is 281 g/mol. The Morgan fingerprint density at radius 3 is 2.53 bits per heavy atom. The normalized spacial score (nSPS) is 12.7. The maximum Gasteiger partial charge on any atom is 0.452 e. The first-order chi connectivity index (χ1) is 7.68. The van der Waals surface area contributed by atoms with Crippen molar-refractivity contribution in [1.29, 1.82) is 0 Å². The second-order valence-electron chi connectivity index (χ2n) is 3.07. The molecule has 0 radical (unpaired) electrons. The molecule has 1 aromatic heterocycles. The summed E-state index contributed by atoms with van der Waals surface area (Å²) >= 11 is 0.561. The van der Waals surface area contributed by atoms with Crippen molar-refractivity contribution in [2.45, 2.75) is 12.6 Å². The van der Waals surface area contributed by atoms with Gasteiger partial charge in [0.25, 0.3) is 0 Å². The highest BCUT2D eigenvalue weighted by atomic mass is 32.2. The third-order valence-electron chi connectivity index (χ3n) is 1.56. The van der Waals surface area contributed by atoms with Gasteiger partial charge >= 0.3 is 6.18 Å². The summed E-state index contributed by atoms with van der Waals surface area (Å²) in [6.07, 6.45) is -4.39. The first-order valence-corrected chi connectivity index (χ1v) is 6.82. The lowest BCUT2D eigenvalue weighted by molar-refractivity contribution is -0.144. The van der Waals surface area contributed by atoms with Gasteiger partial charge in [-0.3, -0.25) is 0 Å². The van der Waals surface area contributed by atoms with Gasteiger partial charge in [0.1, 0.15) is 0 Å². The van der Waals surface area contributed by atoms with Crippen molar-refractivity contribution in [3.63, 3.8) is 0 Å². The van der Waals surface area contributed by atoms with Crippen LogP contribution in [0.1, 0.15) is 12.2 Å². The van der Waals surface area contributed by atoms with Crippen LogP contribution in [0.25, 0.3) is 0 Å². The molecule has 0 spiro atoms. The summed E-state index contributed by atoms with van der Waals surface area (Å²) in [6.45, 7) is 0.156. The van der Waals surface area contributed by atoms with Crippen LogP contribution in [0.15, 0.2) is 0 Å². The predicted molar refractivity (Wildman–Crippen MR) is 56.0 cm³/mol. The Kier molecular flexibility index (Phi) is 4.27. The van der Waals surface area contributed by atoms with Gasteiger partial charge in [0.2, 0.25) is 21.0 Å². The van der Waals surface area contributed by atoms with Crippen LogP contribution in [0.4, 0.5) is 18.3 Å². The van der Waals surface area contributed by atoms with Gasteiger partial charge in [-0.1, -0.05) is 0 Å². The van der Waals surface area contributed by atoms with Gasteiger partial charge in [-0.05, 0) is 6.42 Å². The van der Waals surface area contributed by atoms with Gasteiger partial charge in [-0.25, -0.2) is 13.6 Å². The fourth-order valence-corrected chi connectivity index (χ4v) is 2.04. The minimum Gasteiger partial charge on any atom is -0.360 e. The fraction of sp³-hybridized carbons (Fsp3) is 0.667. The van der Waals surface area contributed by atoms with Crippen LogP contribution in [0, 0.1) is 0 Å². The maximum atomic E-state index is 12.1. The summed E-state index contributed by atoms with van der Waals surface area (Å²) in [5.41, 5.74) is 0.